The van der Waals surface area contributed by atoms with Crippen molar-refractivity contribution in [3.8, 4) is 0 Å². The summed E-state index contributed by atoms with van der Waals surface area (Å²) in [4.78, 5) is 2.41. The molecule has 1 heterocycles. The molecule has 18 heavy (non-hydrogen) atoms. The van der Waals surface area contributed by atoms with Crippen LogP contribution in [0.2, 0.25) is 0 Å². The molecule has 0 unspecified atom stereocenters. The molecule has 106 valence electrons. The van der Waals surface area contributed by atoms with Crippen molar-refractivity contribution in [2.24, 2.45) is 5.92 Å². The summed E-state index contributed by atoms with van der Waals surface area (Å²) in [5.41, 5.74) is 0. The maximum absolute atomic E-state index is 12.1. The standard InChI is InChI=1S/C12H25N3O2S/c1-2-13-5-10-18(16,17)15-8-6-14(7-9-15)11-12-3-4-12/h12-13H,2-11H2,1H3. The Balaban J connectivity index is 1.73. The Kier molecular flexibility index (Phi) is 5.00. The first-order valence-corrected chi connectivity index (χ1v) is 8.63. The zero-order chi connectivity index (χ0) is 13.0. The van der Waals surface area contributed by atoms with Crippen LogP contribution in [-0.2, 0) is 10.0 Å². The highest BCUT2D eigenvalue weighted by atomic mass is 32.2. The molecular weight excluding hydrogens is 250 g/mol. The van der Waals surface area contributed by atoms with Crippen LogP contribution in [0.3, 0.4) is 0 Å². The first-order chi connectivity index (χ1) is 8.62. The molecule has 0 aromatic carbocycles. The van der Waals surface area contributed by atoms with E-state index in [-0.39, 0.29) is 5.75 Å². The van der Waals surface area contributed by atoms with Crippen LogP contribution in [0.15, 0.2) is 0 Å². The van der Waals surface area contributed by atoms with Crippen molar-refractivity contribution in [1.82, 2.24) is 14.5 Å². The van der Waals surface area contributed by atoms with Gasteiger partial charge in [-0.25, -0.2) is 8.42 Å². The third-order valence-corrected chi connectivity index (χ3v) is 5.60. The van der Waals surface area contributed by atoms with Crippen LogP contribution in [0.5, 0.6) is 0 Å². The van der Waals surface area contributed by atoms with Gasteiger partial charge in [0.25, 0.3) is 0 Å². The van der Waals surface area contributed by atoms with Crippen molar-refractivity contribution in [2.45, 2.75) is 19.8 Å². The van der Waals surface area contributed by atoms with E-state index < -0.39 is 10.0 Å². The first kappa shape index (κ1) is 14.2. The quantitative estimate of drug-likeness (QED) is 0.662. The smallest absolute Gasteiger partial charge is 0.215 e. The van der Waals surface area contributed by atoms with Crippen LogP contribution < -0.4 is 5.32 Å². The van der Waals surface area contributed by atoms with E-state index in [0.29, 0.717) is 19.6 Å². The molecule has 1 aliphatic heterocycles. The van der Waals surface area contributed by atoms with E-state index in [0.717, 1.165) is 25.6 Å². The monoisotopic (exact) mass is 275 g/mol. The third kappa shape index (κ3) is 4.19. The van der Waals surface area contributed by atoms with Crippen LogP contribution in [-0.4, -0.2) is 69.2 Å². The fraction of sp³-hybridized carbons (Fsp3) is 1.00. The highest BCUT2D eigenvalue weighted by molar-refractivity contribution is 7.89. The van der Waals surface area contributed by atoms with Crippen molar-refractivity contribution in [3.63, 3.8) is 0 Å². The Morgan fingerprint density at radius 1 is 1.17 bits per heavy atom. The fourth-order valence-electron chi connectivity index (χ4n) is 2.36. The molecule has 5 nitrogen and oxygen atoms in total. The Morgan fingerprint density at radius 3 is 2.39 bits per heavy atom. The lowest BCUT2D eigenvalue weighted by Gasteiger charge is -2.34. The number of hydrogen-bond acceptors (Lipinski definition) is 4. The predicted octanol–water partition coefficient (Wildman–Crippen LogP) is -0.0467. The lowest BCUT2D eigenvalue weighted by molar-refractivity contribution is 0.182. The van der Waals surface area contributed by atoms with E-state index in [4.69, 9.17) is 0 Å². The van der Waals surface area contributed by atoms with Gasteiger partial charge in [0.05, 0.1) is 5.75 Å². The Labute approximate surface area is 111 Å². The molecule has 1 saturated heterocycles. The summed E-state index contributed by atoms with van der Waals surface area (Å²) in [6.07, 6.45) is 2.72. The summed E-state index contributed by atoms with van der Waals surface area (Å²) in [5, 5.41) is 3.07. The van der Waals surface area contributed by atoms with Crippen molar-refractivity contribution < 1.29 is 8.42 Å². The summed E-state index contributed by atoms with van der Waals surface area (Å²) in [6.45, 7) is 7.68. The Bertz CT molecular complexity index is 346. The van der Waals surface area contributed by atoms with Gasteiger partial charge in [0.15, 0.2) is 0 Å². The third-order valence-electron chi connectivity index (χ3n) is 3.72. The van der Waals surface area contributed by atoms with E-state index >= 15 is 0 Å². The number of rotatable bonds is 7. The number of piperazine rings is 1. The van der Waals surface area contributed by atoms with Gasteiger partial charge in [-0.3, -0.25) is 0 Å². The fourth-order valence-corrected chi connectivity index (χ4v) is 3.74. The molecule has 2 fully saturated rings. The molecule has 1 aliphatic carbocycles. The molecule has 1 saturated carbocycles. The van der Waals surface area contributed by atoms with E-state index in [9.17, 15) is 8.42 Å². The molecule has 2 rings (SSSR count). The lowest BCUT2D eigenvalue weighted by Crippen LogP contribution is -2.50. The molecule has 6 heteroatoms. The van der Waals surface area contributed by atoms with Crippen molar-refractivity contribution in [3.05, 3.63) is 0 Å². The topological polar surface area (TPSA) is 52.7 Å². The van der Waals surface area contributed by atoms with Gasteiger partial charge in [-0.2, -0.15) is 4.31 Å². The summed E-state index contributed by atoms with van der Waals surface area (Å²) in [5.74, 6) is 1.12. The predicted molar refractivity (Wildman–Crippen MR) is 73.1 cm³/mol. The average molecular weight is 275 g/mol. The van der Waals surface area contributed by atoms with Crippen LogP contribution in [0.1, 0.15) is 19.8 Å². The molecule has 0 spiro atoms. The molecule has 0 atom stereocenters. The van der Waals surface area contributed by atoms with Gasteiger partial charge in [-0.05, 0) is 25.3 Å². The van der Waals surface area contributed by atoms with Crippen molar-refractivity contribution >= 4 is 10.0 Å². The number of hydrogen-bond donors (Lipinski definition) is 1. The maximum atomic E-state index is 12.1. The molecule has 0 amide bonds. The second kappa shape index (κ2) is 6.32. The van der Waals surface area contributed by atoms with Crippen LogP contribution in [0, 0.1) is 5.92 Å². The second-order valence-corrected chi connectivity index (χ2v) is 7.40. The van der Waals surface area contributed by atoms with Crippen molar-refractivity contribution in [1.29, 1.82) is 0 Å². The highest BCUT2D eigenvalue weighted by Gasteiger charge is 2.29. The normalized spacial score (nSPS) is 23.4. The number of sulfonamides is 1. The molecule has 0 bridgehead atoms. The molecule has 2 aliphatic rings. The van der Waals surface area contributed by atoms with Gasteiger partial charge in [-0.1, -0.05) is 6.92 Å². The summed E-state index contributed by atoms with van der Waals surface area (Å²) < 4.78 is 25.8. The molecule has 0 aromatic rings. The van der Waals surface area contributed by atoms with Crippen LogP contribution >= 0.6 is 0 Å². The van der Waals surface area contributed by atoms with E-state index in [1.807, 2.05) is 6.92 Å². The Morgan fingerprint density at radius 2 is 1.83 bits per heavy atom. The van der Waals surface area contributed by atoms with E-state index in [1.165, 1.54) is 19.4 Å². The zero-order valence-corrected chi connectivity index (χ0v) is 12.1. The van der Waals surface area contributed by atoms with Gasteiger partial charge in [-0.15, -0.1) is 0 Å². The number of nitrogens with zero attached hydrogens (tertiary/aromatic N) is 2. The highest BCUT2D eigenvalue weighted by Crippen LogP contribution is 2.30. The van der Waals surface area contributed by atoms with Crippen LogP contribution in [0.25, 0.3) is 0 Å². The van der Waals surface area contributed by atoms with Crippen molar-refractivity contribution in [2.75, 3.05) is 51.6 Å². The maximum Gasteiger partial charge on any atom is 0.215 e. The second-order valence-electron chi connectivity index (χ2n) is 5.31. The summed E-state index contributed by atoms with van der Waals surface area (Å²) in [7, 11) is -3.05. The minimum Gasteiger partial charge on any atom is -0.316 e. The zero-order valence-electron chi connectivity index (χ0n) is 11.3. The van der Waals surface area contributed by atoms with Gasteiger partial charge >= 0.3 is 0 Å². The SMILES string of the molecule is CCNCCS(=O)(=O)N1CCN(CC2CC2)CC1. The minimum atomic E-state index is -3.05. The molecule has 1 N–H and O–H groups in total. The van der Waals surface area contributed by atoms with Crippen LogP contribution in [0.4, 0.5) is 0 Å². The average Bonchev–Trinajstić information content (AvgIpc) is 3.14. The van der Waals surface area contributed by atoms with Gasteiger partial charge in [0.1, 0.15) is 0 Å². The van der Waals surface area contributed by atoms with Gasteiger partial charge in [0, 0.05) is 39.3 Å². The minimum absolute atomic E-state index is 0.226. The van der Waals surface area contributed by atoms with E-state index in [1.54, 1.807) is 4.31 Å². The lowest BCUT2D eigenvalue weighted by atomic mass is 10.3. The molecule has 0 radical (unpaired) electrons. The van der Waals surface area contributed by atoms with E-state index in [2.05, 4.69) is 10.2 Å². The largest absolute Gasteiger partial charge is 0.316 e. The van der Waals surface area contributed by atoms with Gasteiger partial charge < -0.3 is 10.2 Å². The summed E-state index contributed by atoms with van der Waals surface area (Å²) >= 11 is 0. The first-order valence-electron chi connectivity index (χ1n) is 7.02. The van der Waals surface area contributed by atoms with Gasteiger partial charge in [0.2, 0.25) is 10.0 Å². The molecule has 0 aromatic heterocycles. The molecular formula is C12H25N3O2S. The number of nitrogens with one attached hydrogen (secondary N) is 1. The Hall–Kier alpha value is -0.170. The summed E-state index contributed by atoms with van der Waals surface area (Å²) in [6, 6.07) is 0.